The van der Waals surface area contributed by atoms with Gasteiger partial charge in [-0.15, -0.1) is 0 Å². The number of para-hydroxylation sites is 1. The predicted molar refractivity (Wildman–Crippen MR) is 113 cm³/mol. The number of thioether (sulfide) groups is 1. The van der Waals surface area contributed by atoms with Gasteiger partial charge in [-0.3, -0.25) is 24.3 Å². The average molecular weight is 430 g/mol. The number of aromatic nitrogens is 2. The lowest BCUT2D eigenvalue weighted by molar-refractivity contribution is -0.384. The van der Waals surface area contributed by atoms with Crippen LogP contribution in [0.3, 0.4) is 0 Å². The summed E-state index contributed by atoms with van der Waals surface area (Å²) in [7, 11) is 0. The molecule has 156 valence electrons. The van der Waals surface area contributed by atoms with Crippen LogP contribution in [-0.4, -0.2) is 26.1 Å². The van der Waals surface area contributed by atoms with E-state index in [1.807, 2.05) is 13.8 Å². The van der Waals surface area contributed by atoms with E-state index in [0.29, 0.717) is 22.5 Å². The van der Waals surface area contributed by atoms with E-state index in [9.17, 15) is 24.1 Å². The molecule has 1 aromatic heterocycles. The van der Waals surface area contributed by atoms with E-state index < -0.39 is 22.3 Å². The van der Waals surface area contributed by atoms with Crippen LogP contribution in [0.15, 0.2) is 52.4 Å². The van der Waals surface area contributed by atoms with E-state index >= 15 is 0 Å². The molecule has 2 aromatic carbocycles. The minimum atomic E-state index is -0.771. The van der Waals surface area contributed by atoms with Crippen LogP contribution in [0.5, 0.6) is 0 Å². The van der Waals surface area contributed by atoms with Crippen molar-refractivity contribution in [1.82, 2.24) is 9.55 Å². The number of fused-ring (bicyclic) bond motifs is 1. The largest absolute Gasteiger partial charge is 0.320 e. The Kier molecular flexibility index (Phi) is 6.46. The van der Waals surface area contributed by atoms with Gasteiger partial charge >= 0.3 is 0 Å². The van der Waals surface area contributed by atoms with Gasteiger partial charge < -0.3 is 5.32 Å². The van der Waals surface area contributed by atoms with Crippen molar-refractivity contribution in [3.63, 3.8) is 0 Å². The number of nitrogens with one attached hydrogen (secondary N) is 1. The number of nitrogens with zero attached hydrogens (tertiary/aromatic N) is 3. The number of hydrogen-bond donors (Lipinski definition) is 1. The van der Waals surface area contributed by atoms with Crippen LogP contribution in [-0.2, 0) is 4.79 Å². The molecule has 3 rings (SSSR count). The summed E-state index contributed by atoms with van der Waals surface area (Å²) in [5.74, 6) is -1.43. The molecule has 8 nitrogen and oxygen atoms in total. The molecule has 30 heavy (non-hydrogen) atoms. The Morgan fingerprint density at radius 3 is 2.77 bits per heavy atom. The number of rotatable bonds is 7. The number of benzene rings is 2. The molecule has 1 unspecified atom stereocenters. The van der Waals surface area contributed by atoms with Crippen molar-refractivity contribution in [1.29, 1.82) is 0 Å². The van der Waals surface area contributed by atoms with Gasteiger partial charge in [0, 0.05) is 6.04 Å². The van der Waals surface area contributed by atoms with Crippen molar-refractivity contribution in [3.8, 4) is 0 Å². The summed E-state index contributed by atoms with van der Waals surface area (Å²) in [5.41, 5.74) is -0.294. The summed E-state index contributed by atoms with van der Waals surface area (Å²) in [6.45, 7) is 3.84. The summed E-state index contributed by atoms with van der Waals surface area (Å²) in [6, 6.07) is 9.76. The molecule has 3 aromatic rings. The molecule has 1 N–H and O–H groups in total. The van der Waals surface area contributed by atoms with Crippen molar-refractivity contribution < 1.29 is 14.1 Å². The maximum atomic E-state index is 13.3. The van der Waals surface area contributed by atoms with Gasteiger partial charge in [0.1, 0.15) is 11.5 Å². The summed E-state index contributed by atoms with van der Waals surface area (Å²) >= 11 is 1.06. The molecule has 0 saturated heterocycles. The van der Waals surface area contributed by atoms with Crippen LogP contribution in [0, 0.1) is 15.9 Å². The first-order chi connectivity index (χ1) is 14.3. The number of nitro groups is 1. The Morgan fingerprint density at radius 1 is 1.33 bits per heavy atom. The van der Waals surface area contributed by atoms with E-state index in [1.165, 1.54) is 0 Å². The van der Waals surface area contributed by atoms with Crippen molar-refractivity contribution in [2.75, 3.05) is 11.1 Å². The fourth-order valence-electron chi connectivity index (χ4n) is 2.88. The molecule has 1 amide bonds. The lowest BCUT2D eigenvalue weighted by Gasteiger charge is -2.18. The molecule has 0 spiro atoms. The highest BCUT2D eigenvalue weighted by molar-refractivity contribution is 7.99. The number of carbonyl (C=O) groups is 1. The molecular weight excluding hydrogens is 411 g/mol. The van der Waals surface area contributed by atoms with Crippen LogP contribution < -0.4 is 10.9 Å². The van der Waals surface area contributed by atoms with Crippen LogP contribution in [0.2, 0.25) is 0 Å². The Balaban J connectivity index is 1.86. The van der Waals surface area contributed by atoms with E-state index in [2.05, 4.69) is 10.3 Å². The third kappa shape index (κ3) is 4.48. The molecular formula is C20H19FN4O4S. The monoisotopic (exact) mass is 430 g/mol. The highest BCUT2D eigenvalue weighted by Gasteiger charge is 2.19. The standard InChI is InChI=1S/C20H19FN4O4S/c1-3-12(2)24-19(27)14-6-4-5-7-15(14)23-20(24)30-11-18(26)22-16-9-8-13(21)10-17(16)25(28)29/h4-10,12H,3,11H2,1-2H3,(H,22,26). The fraction of sp³-hybridized carbons (Fsp3) is 0.250. The average Bonchev–Trinajstić information content (AvgIpc) is 2.73. The fourth-order valence-corrected chi connectivity index (χ4v) is 3.77. The first kappa shape index (κ1) is 21.4. The van der Waals surface area contributed by atoms with E-state index in [4.69, 9.17) is 0 Å². The minimum Gasteiger partial charge on any atom is -0.320 e. The van der Waals surface area contributed by atoms with Gasteiger partial charge in [-0.1, -0.05) is 30.8 Å². The zero-order chi connectivity index (χ0) is 21.8. The van der Waals surface area contributed by atoms with Crippen LogP contribution in [0.4, 0.5) is 15.8 Å². The third-order valence-corrected chi connectivity index (χ3v) is 5.52. The van der Waals surface area contributed by atoms with Crippen LogP contribution >= 0.6 is 11.8 Å². The van der Waals surface area contributed by atoms with Gasteiger partial charge in [0.15, 0.2) is 5.16 Å². The number of carbonyl (C=O) groups excluding carboxylic acids is 1. The third-order valence-electron chi connectivity index (χ3n) is 4.57. The van der Waals surface area contributed by atoms with Gasteiger partial charge in [0.05, 0.1) is 27.6 Å². The normalized spacial score (nSPS) is 12.0. The van der Waals surface area contributed by atoms with Gasteiger partial charge in [-0.25, -0.2) is 9.37 Å². The molecule has 0 fully saturated rings. The topological polar surface area (TPSA) is 107 Å². The molecule has 0 aliphatic heterocycles. The Bertz CT molecular complexity index is 1180. The summed E-state index contributed by atoms with van der Waals surface area (Å²) in [4.78, 5) is 40.2. The highest BCUT2D eigenvalue weighted by atomic mass is 32.2. The lowest BCUT2D eigenvalue weighted by atomic mass is 10.2. The van der Waals surface area contributed by atoms with E-state index in [-0.39, 0.29) is 23.0 Å². The highest BCUT2D eigenvalue weighted by Crippen LogP contribution is 2.26. The Hall–Kier alpha value is -3.27. The van der Waals surface area contributed by atoms with Gasteiger partial charge in [-0.2, -0.15) is 0 Å². The van der Waals surface area contributed by atoms with Gasteiger partial charge in [0.25, 0.3) is 11.2 Å². The van der Waals surface area contributed by atoms with Crippen molar-refractivity contribution in [3.05, 3.63) is 68.7 Å². The summed E-state index contributed by atoms with van der Waals surface area (Å²) in [6.07, 6.45) is 0.696. The number of amides is 1. The zero-order valence-corrected chi connectivity index (χ0v) is 17.1. The number of hydrogen-bond acceptors (Lipinski definition) is 6. The maximum absolute atomic E-state index is 13.3. The van der Waals surface area contributed by atoms with Crippen molar-refractivity contribution in [2.24, 2.45) is 0 Å². The number of nitro benzene ring substituents is 1. The van der Waals surface area contributed by atoms with E-state index in [1.54, 1.807) is 28.8 Å². The minimum absolute atomic E-state index is 0.0993. The molecule has 0 radical (unpaired) electrons. The van der Waals surface area contributed by atoms with Gasteiger partial charge in [0.2, 0.25) is 5.91 Å². The quantitative estimate of drug-likeness (QED) is 0.261. The number of anilines is 1. The second kappa shape index (κ2) is 9.04. The zero-order valence-electron chi connectivity index (χ0n) is 16.3. The molecule has 0 aliphatic carbocycles. The second-order valence-corrected chi connectivity index (χ2v) is 7.54. The lowest BCUT2D eigenvalue weighted by Crippen LogP contribution is -2.26. The van der Waals surface area contributed by atoms with Crippen LogP contribution in [0.1, 0.15) is 26.3 Å². The van der Waals surface area contributed by atoms with Crippen LogP contribution in [0.25, 0.3) is 10.9 Å². The smallest absolute Gasteiger partial charge is 0.295 e. The molecule has 0 bridgehead atoms. The Labute approximate surface area is 175 Å². The second-order valence-electron chi connectivity index (χ2n) is 6.60. The first-order valence-corrected chi connectivity index (χ1v) is 10.2. The summed E-state index contributed by atoms with van der Waals surface area (Å²) in [5, 5.41) is 14.4. The molecule has 0 saturated carbocycles. The number of halogens is 1. The Morgan fingerprint density at radius 2 is 2.07 bits per heavy atom. The maximum Gasteiger partial charge on any atom is 0.295 e. The molecule has 1 heterocycles. The predicted octanol–water partition coefficient (Wildman–Crippen LogP) is 4.15. The summed E-state index contributed by atoms with van der Waals surface area (Å²) < 4.78 is 14.8. The molecule has 0 aliphatic rings. The van der Waals surface area contributed by atoms with E-state index in [0.717, 1.165) is 30.0 Å². The van der Waals surface area contributed by atoms with Gasteiger partial charge in [-0.05, 0) is 37.6 Å². The van der Waals surface area contributed by atoms with Crippen molar-refractivity contribution >= 4 is 39.9 Å². The van der Waals surface area contributed by atoms with Crippen molar-refractivity contribution in [2.45, 2.75) is 31.5 Å². The SMILES string of the molecule is CCC(C)n1c(SCC(=O)Nc2ccc(F)cc2[N+](=O)[O-])nc2ccccc2c1=O. The first-order valence-electron chi connectivity index (χ1n) is 9.19. The molecule has 1 atom stereocenters. The molecule has 10 heteroatoms.